The maximum absolute atomic E-state index is 11.0. The van der Waals surface area contributed by atoms with E-state index in [1.54, 1.807) is 20.2 Å². The van der Waals surface area contributed by atoms with Crippen molar-refractivity contribution < 1.29 is 4.79 Å². The number of nitrogens with one attached hydrogen (secondary N) is 2. The van der Waals surface area contributed by atoms with Crippen molar-refractivity contribution in [3.63, 3.8) is 0 Å². The van der Waals surface area contributed by atoms with Gasteiger partial charge in [-0.2, -0.15) is 15.4 Å². The molecule has 0 aliphatic rings. The van der Waals surface area contributed by atoms with Crippen LogP contribution in [0.4, 0.5) is 0 Å². The predicted molar refractivity (Wildman–Crippen MR) is 77.7 cm³/mol. The van der Waals surface area contributed by atoms with Crippen LogP contribution < -0.4 is 5.32 Å². The summed E-state index contributed by atoms with van der Waals surface area (Å²) in [5.41, 5.74) is 0.796. The summed E-state index contributed by atoms with van der Waals surface area (Å²) in [6.45, 7) is 13.6. The number of likely N-dealkylation sites (N-methyl/N-ethyl adjacent to an activating group) is 1. The van der Waals surface area contributed by atoms with E-state index in [0.717, 1.165) is 5.69 Å². The number of Topliss-reactive ketones (excluding diaryl/α,β-unsaturated/α-hetero) is 1. The summed E-state index contributed by atoms with van der Waals surface area (Å²) in [4.78, 5) is 11.0. The normalized spacial score (nSPS) is 9.56. The summed E-state index contributed by atoms with van der Waals surface area (Å²) in [5.74, 6) is 0.112. The Labute approximate surface area is 112 Å². The molecule has 5 heteroatoms. The zero-order valence-corrected chi connectivity index (χ0v) is 13.2. The van der Waals surface area contributed by atoms with Gasteiger partial charge in [-0.25, -0.2) is 0 Å². The quantitative estimate of drug-likeness (QED) is 0.871. The zero-order chi connectivity index (χ0) is 15.0. The number of hydrogen-bond donors (Lipinski definition) is 2. The van der Waals surface area contributed by atoms with E-state index >= 15 is 0 Å². The van der Waals surface area contributed by atoms with Gasteiger partial charge in [-0.15, -0.1) is 0 Å². The van der Waals surface area contributed by atoms with Crippen LogP contribution in [0.1, 0.15) is 54.2 Å². The first-order valence-electron chi connectivity index (χ1n) is 6.76. The summed E-state index contributed by atoms with van der Waals surface area (Å²) in [6.07, 6.45) is 2.20. The molecular weight excluding hydrogens is 228 g/mol. The Kier molecular flexibility index (Phi) is 22.2. The molecule has 1 aromatic rings. The van der Waals surface area contributed by atoms with Crippen LogP contribution >= 0.6 is 0 Å². The smallest absolute Gasteiger partial charge is 0.147 e. The third kappa shape index (κ3) is 11.3. The van der Waals surface area contributed by atoms with Crippen LogP contribution in [0, 0.1) is 0 Å². The second kappa shape index (κ2) is 18.1. The Morgan fingerprint density at radius 1 is 1.28 bits per heavy atom. The lowest BCUT2D eigenvalue weighted by atomic mass is 10.1. The maximum Gasteiger partial charge on any atom is 0.147 e. The number of aromatic amines is 1. The van der Waals surface area contributed by atoms with E-state index in [-0.39, 0.29) is 11.8 Å². The molecule has 0 aromatic carbocycles. The maximum atomic E-state index is 11.0. The third-order valence-corrected chi connectivity index (χ3v) is 1.72. The lowest BCUT2D eigenvalue weighted by Crippen LogP contribution is -2.34. The van der Waals surface area contributed by atoms with Crippen molar-refractivity contribution in [3.8, 4) is 0 Å². The van der Waals surface area contributed by atoms with Gasteiger partial charge in [-0.3, -0.25) is 4.79 Å². The highest BCUT2D eigenvalue weighted by Gasteiger charge is 2.12. The Balaban J connectivity index is -0.000000328. The number of nitrogens with zero attached hydrogens (tertiary/aromatic N) is 2. The molecule has 1 aromatic heterocycles. The average Bonchev–Trinajstić information content (AvgIpc) is 2.95. The molecule has 0 aliphatic heterocycles. The molecular formula is C13H30N4O. The molecule has 1 atom stereocenters. The summed E-state index contributed by atoms with van der Waals surface area (Å²) in [7, 11) is 1.76. The first-order chi connectivity index (χ1) is 8.74. The van der Waals surface area contributed by atoms with Gasteiger partial charge in [-0.05, 0) is 14.0 Å². The number of aromatic nitrogens is 3. The first kappa shape index (κ1) is 22.0. The van der Waals surface area contributed by atoms with Gasteiger partial charge in [0, 0.05) is 6.42 Å². The van der Waals surface area contributed by atoms with E-state index in [1.165, 1.54) is 0 Å². The minimum atomic E-state index is -0.157. The van der Waals surface area contributed by atoms with Gasteiger partial charge in [0.2, 0.25) is 0 Å². The van der Waals surface area contributed by atoms with Crippen molar-refractivity contribution in [1.82, 2.24) is 20.7 Å². The molecule has 0 aliphatic carbocycles. The molecule has 0 amide bonds. The van der Waals surface area contributed by atoms with E-state index in [2.05, 4.69) is 20.7 Å². The van der Waals surface area contributed by atoms with Crippen LogP contribution in [0.25, 0.3) is 0 Å². The number of H-pyrrole nitrogens is 1. The van der Waals surface area contributed by atoms with Gasteiger partial charge < -0.3 is 5.32 Å². The molecule has 1 rings (SSSR count). The SMILES string of the molecule is CC.CC.CC.CN[C@@H](Cc1cn[nH]n1)C(C)=O. The van der Waals surface area contributed by atoms with Crippen LogP contribution in [0.3, 0.4) is 0 Å². The fraction of sp³-hybridized carbons (Fsp3) is 0.769. The van der Waals surface area contributed by atoms with Gasteiger partial charge in [-0.1, -0.05) is 41.5 Å². The molecule has 0 saturated heterocycles. The van der Waals surface area contributed by atoms with Gasteiger partial charge in [0.1, 0.15) is 5.78 Å². The number of rotatable bonds is 4. The largest absolute Gasteiger partial charge is 0.310 e. The molecule has 0 fully saturated rings. The first-order valence-corrected chi connectivity index (χ1v) is 6.76. The van der Waals surface area contributed by atoms with Gasteiger partial charge in [0.25, 0.3) is 0 Å². The summed E-state index contributed by atoms with van der Waals surface area (Å²) < 4.78 is 0. The highest BCUT2D eigenvalue weighted by molar-refractivity contribution is 5.81. The molecule has 2 N–H and O–H groups in total. The highest BCUT2D eigenvalue weighted by atomic mass is 16.1. The molecule has 0 spiro atoms. The number of carbonyl (C=O) groups is 1. The molecule has 0 radical (unpaired) electrons. The lowest BCUT2D eigenvalue weighted by Gasteiger charge is -2.09. The van der Waals surface area contributed by atoms with E-state index in [0.29, 0.717) is 6.42 Å². The fourth-order valence-corrected chi connectivity index (χ4v) is 0.982. The fourth-order valence-electron chi connectivity index (χ4n) is 0.982. The number of ketones is 1. The Morgan fingerprint density at radius 3 is 2.06 bits per heavy atom. The van der Waals surface area contributed by atoms with Crippen molar-refractivity contribution in [2.45, 2.75) is 60.9 Å². The minimum absolute atomic E-state index is 0.112. The van der Waals surface area contributed by atoms with E-state index < -0.39 is 0 Å². The molecule has 18 heavy (non-hydrogen) atoms. The van der Waals surface area contributed by atoms with Gasteiger partial charge in [0.15, 0.2) is 0 Å². The predicted octanol–water partition coefficient (Wildman–Crippen LogP) is 2.60. The molecule has 0 bridgehead atoms. The minimum Gasteiger partial charge on any atom is -0.310 e. The van der Waals surface area contributed by atoms with E-state index in [9.17, 15) is 4.79 Å². The van der Waals surface area contributed by atoms with Crippen LogP contribution in [0.2, 0.25) is 0 Å². The Morgan fingerprint density at radius 2 is 1.78 bits per heavy atom. The molecule has 108 valence electrons. The van der Waals surface area contributed by atoms with Crippen molar-refractivity contribution >= 4 is 5.78 Å². The van der Waals surface area contributed by atoms with Crippen molar-refractivity contribution in [2.24, 2.45) is 0 Å². The number of carbonyl (C=O) groups excluding carboxylic acids is 1. The molecule has 0 unspecified atom stereocenters. The lowest BCUT2D eigenvalue weighted by molar-refractivity contribution is -0.118. The third-order valence-electron chi connectivity index (χ3n) is 1.72. The van der Waals surface area contributed by atoms with E-state index in [1.807, 2.05) is 41.5 Å². The zero-order valence-electron chi connectivity index (χ0n) is 13.2. The summed E-state index contributed by atoms with van der Waals surface area (Å²) >= 11 is 0. The molecule has 1 heterocycles. The Hall–Kier alpha value is -1.23. The second-order valence-corrected chi connectivity index (χ2v) is 2.62. The Bertz CT molecular complexity index is 248. The molecule has 0 saturated carbocycles. The average molecular weight is 258 g/mol. The molecule has 5 nitrogen and oxygen atoms in total. The van der Waals surface area contributed by atoms with E-state index in [4.69, 9.17) is 0 Å². The summed E-state index contributed by atoms with van der Waals surface area (Å²) in [5, 5.41) is 12.9. The second-order valence-electron chi connectivity index (χ2n) is 2.62. The van der Waals surface area contributed by atoms with Crippen LogP contribution in [0.15, 0.2) is 6.20 Å². The standard InChI is InChI=1S/C7H12N4O.3C2H6/c1-5(12)7(8-2)3-6-4-9-11-10-6;3*1-2/h4,7-8H,3H2,1-2H3,(H,9,10,11);3*1-2H3/t7-;;;/m0.../s1. The van der Waals surface area contributed by atoms with Gasteiger partial charge >= 0.3 is 0 Å². The van der Waals surface area contributed by atoms with Crippen LogP contribution in [-0.4, -0.2) is 34.3 Å². The monoisotopic (exact) mass is 258 g/mol. The topological polar surface area (TPSA) is 70.7 Å². The number of hydrogen-bond acceptors (Lipinski definition) is 4. The van der Waals surface area contributed by atoms with Crippen molar-refractivity contribution in [2.75, 3.05) is 7.05 Å². The van der Waals surface area contributed by atoms with Crippen LogP contribution in [0.5, 0.6) is 0 Å². The van der Waals surface area contributed by atoms with Crippen molar-refractivity contribution in [3.05, 3.63) is 11.9 Å². The van der Waals surface area contributed by atoms with Gasteiger partial charge in [0.05, 0.1) is 17.9 Å². The van der Waals surface area contributed by atoms with Crippen molar-refractivity contribution in [1.29, 1.82) is 0 Å². The summed E-state index contributed by atoms with van der Waals surface area (Å²) in [6, 6.07) is -0.157. The highest BCUT2D eigenvalue weighted by Crippen LogP contribution is 1.97. The van der Waals surface area contributed by atoms with Crippen LogP contribution in [-0.2, 0) is 11.2 Å².